The highest BCUT2D eigenvalue weighted by Crippen LogP contribution is 2.38. The molecule has 0 amide bonds. The molecule has 19 heavy (non-hydrogen) atoms. The first-order valence-corrected chi connectivity index (χ1v) is 6.61. The minimum Gasteiger partial charge on any atom is -0.491 e. The molecule has 1 aromatic heterocycles. The van der Waals surface area contributed by atoms with Gasteiger partial charge in [-0.15, -0.1) is 0 Å². The summed E-state index contributed by atoms with van der Waals surface area (Å²) in [6.45, 7) is 0.560. The summed E-state index contributed by atoms with van der Waals surface area (Å²) in [6.07, 6.45) is 3.19. The first-order chi connectivity index (χ1) is 9.24. The van der Waals surface area contributed by atoms with Gasteiger partial charge in [0.15, 0.2) is 5.82 Å². The number of ether oxygens (including phenoxy) is 1. The van der Waals surface area contributed by atoms with Gasteiger partial charge in [-0.2, -0.15) is 5.10 Å². The van der Waals surface area contributed by atoms with Crippen LogP contribution in [0.15, 0.2) is 24.3 Å². The number of aryl methyl sites for hydroxylation is 1. The van der Waals surface area contributed by atoms with Crippen LogP contribution in [0, 0.1) is 0 Å². The molecule has 0 radical (unpaired) electrons. The number of nitrogens with zero attached hydrogens (tertiary/aromatic N) is 3. The minimum absolute atomic E-state index is 0.560. The molecular weight excluding hydrogens is 240 g/mol. The average molecular weight is 258 g/mol. The summed E-state index contributed by atoms with van der Waals surface area (Å²) in [7, 11) is 1.94. The summed E-state index contributed by atoms with van der Waals surface area (Å²) >= 11 is 0. The van der Waals surface area contributed by atoms with Crippen LogP contribution in [-0.2, 0) is 13.5 Å². The molecular formula is C14H18N4O. The van der Waals surface area contributed by atoms with Crippen LogP contribution >= 0.6 is 0 Å². The van der Waals surface area contributed by atoms with E-state index in [1.165, 1.54) is 12.8 Å². The Hall–Kier alpha value is -2.04. The van der Waals surface area contributed by atoms with Crippen molar-refractivity contribution in [3.63, 3.8) is 0 Å². The fourth-order valence-corrected chi connectivity index (χ4v) is 2.03. The van der Waals surface area contributed by atoms with E-state index in [1.807, 2.05) is 36.0 Å². The monoisotopic (exact) mass is 258 g/mol. The number of hydrogen-bond acceptors (Lipinski definition) is 4. The second-order valence-corrected chi connectivity index (χ2v) is 4.92. The van der Waals surface area contributed by atoms with Crippen molar-refractivity contribution in [3.05, 3.63) is 35.9 Å². The van der Waals surface area contributed by atoms with Crippen molar-refractivity contribution in [2.24, 2.45) is 7.05 Å². The molecule has 0 bridgehead atoms. The maximum absolute atomic E-state index is 5.82. The SMILES string of the molecule is Cn1nc(C2CC2)nc1CCOc1ccccc1N. The van der Waals surface area contributed by atoms with Crippen LogP contribution in [0.3, 0.4) is 0 Å². The Bertz CT molecular complexity index is 575. The molecule has 0 spiro atoms. The van der Waals surface area contributed by atoms with Crippen LogP contribution in [0.4, 0.5) is 5.69 Å². The molecule has 2 aromatic rings. The molecule has 3 rings (SSSR count). The Morgan fingerprint density at radius 3 is 2.89 bits per heavy atom. The highest BCUT2D eigenvalue weighted by atomic mass is 16.5. The van der Waals surface area contributed by atoms with E-state index in [4.69, 9.17) is 10.5 Å². The molecule has 0 unspecified atom stereocenters. The number of hydrogen-bond donors (Lipinski definition) is 1. The van der Waals surface area contributed by atoms with E-state index in [0.717, 1.165) is 23.8 Å². The predicted octanol–water partition coefficient (Wildman–Crippen LogP) is 1.90. The van der Waals surface area contributed by atoms with E-state index >= 15 is 0 Å². The topological polar surface area (TPSA) is 66.0 Å². The van der Waals surface area contributed by atoms with E-state index in [-0.39, 0.29) is 0 Å². The number of nitrogens with two attached hydrogens (primary N) is 1. The molecule has 1 saturated carbocycles. The molecule has 5 nitrogen and oxygen atoms in total. The standard InChI is InChI=1S/C14H18N4O/c1-18-13(16-14(17-18)10-6-7-10)8-9-19-12-5-3-2-4-11(12)15/h2-5,10H,6-9,15H2,1H3. The molecule has 0 aliphatic heterocycles. The highest BCUT2D eigenvalue weighted by molar-refractivity contribution is 5.51. The molecule has 0 atom stereocenters. The van der Waals surface area contributed by atoms with Gasteiger partial charge in [-0.05, 0) is 25.0 Å². The van der Waals surface area contributed by atoms with Gasteiger partial charge in [-0.1, -0.05) is 12.1 Å². The molecule has 1 fully saturated rings. The third kappa shape index (κ3) is 2.70. The number of para-hydroxylation sites is 2. The maximum atomic E-state index is 5.82. The molecule has 0 saturated heterocycles. The van der Waals surface area contributed by atoms with E-state index in [1.54, 1.807) is 0 Å². The van der Waals surface area contributed by atoms with Gasteiger partial charge in [0.25, 0.3) is 0 Å². The number of benzene rings is 1. The third-order valence-corrected chi connectivity index (χ3v) is 3.31. The first-order valence-electron chi connectivity index (χ1n) is 6.61. The average Bonchev–Trinajstić information content (AvgIpc) is 3.18. The van der Waals surface area contributed by atoms with Gasteiger partial charge in [0.05, 0.1) is 12.3 Å². The van der Waals surface area contributed by atoms with Gasteiger partial charge in [0, 0.05) is 19.4 Å². The number of aromatic nitrogens is 3. The summed E-state index contributed by atoms with van der Waals surface area (Å²) in [6, 6.07) is 7.52. The van der Waals surface area contributed by atoms with Crippen LogP contribution in [-0.4, -0.2) is 21.4 Å². The Morgan fingerprint density at radius 1 is 1.37 bits per heavy atom. The van der Waals surface area contributed by atoms with Crippen molar-refractivity contribution in [1.29, 1.82) is 0 Å². The molecule has 1 aliphatic rings. The summed E-state index contributed by atoms with van der Waals surface area (Å²) in [5.74, 6) is 3.27. The van der Waals surface area contributed by atoms with Crippen molar-refractivity contribution in [2.45, 2.75) is 25.2 Å². The van der Waals surface area contributed by atoms with Crippen molar-refractivity contribution < 1.29 is 4.74 Å². The predicted molar refractivity (Wildman–Crippen MR) is 73.0 cm³/mol. The first kappa shape index (κ1) is 12.0. The van der Waals surface area contributed by atoms with Gasteiger partial charge >= 0.3 is 0 Å². The van der Waals surface area contributed by atoms with E-state index in [2.05, 4.69) is 10.1 Å². The summed E-state index contributed by atoms with van der Waals surface area (Å²) in [5.41, 5.74) is 6.49. The molecule has 1 aromatic carbocycles. The van der Waals surface area contributed by atoms with Gasteiger partial charge in [-0.3, -0.25) is 4.68 Å². The van der Waals surface area contributed by atoms with Crippen LogP contribution in [0.2, 0.25) is 0 Å². The van der Waals surface area contributed by atoms with Crippen LogP contribution < -0.4 is 10.5 Å². The molecule has 1 heterocycles. The summed E-state index contributed by atoms with van der Waals surface area (Å²) < 4.78 is 7.53. The largest absolute Gasteiger partial charge is 0.491 e. The van der Waals surface area contributed by atoms with Crippen LogP contribution in [0.5, 0.6) is 5.75 Å². The fourth-order valence-electron chi connectivity index (χ4n) is 2.03. The molecule has 5 heteroatoms. The summed E-state index contributed by atoms with van der Waals surface area (Å²) in [5, 5.41) is 4.44. The highest BCUT2D eigenvalue weighted by Gasteiger charge is 2.28. The fraction of sp³-hybridized carbons (Fsp3) is 0.429. The lowest BCUT2D eigenvalue weighted by Crippen LogP contribution is -2.07. The summed E-state index contributed by atoms with van der Waals surface area (Å²) in [4.78, 5) is 4.57. The zero-order valence-corrected chi connectivity index (χ0v) is 11.0. The number of anilines is 1. The second kappa shape index (κ2) is 4.91. The molecule has 1 aliphatic carbocycles. The number of nitrogen functional groups attached to an aromatic ring is 1. The van der Waals surface area contributed by atoms with Crippen LogP contribution in [0.25, 0.3) is 0 Å². The lowest BCUT2D eigenvalue weighted by Gasteiger charge is -2.07. The normalized spacial score (nSPS) is 14.6. The Morgan fingerprint density at radius 2 is 2.16 bits per heavy atom. The lowest BCUT2D eigenvalue weighted by molar-refractivity contribution is 0.318. The van der Waals surface area contributed by atoms with E-state index in [0.29, 0.717) is 18.2 Å². The van der Waals surface area contributed by atoms with Crippen molar-refractivity contribution in [1.82, 2.24) is 14.8 Å². The van der Waals surface area contributed by atoms with Crippen LogP contribution in [0.1, 0.15) is 30.4 Å². The zero-order valence-electron chi connectivity index (χ0n) is 11.0. The lowest BCUT2D eigenvalue weighted by atomic mass is 10.3. The molecule has 100 valence electrons. The van der Waals surface area contributed by atoms with Gasteiger partial charge in [0.1, 0.15) is 11.6 Å². The Kier molecular flexibility index (Phi) is 3.11. The van der Waals surface area contributed by atoms with Gasteiger partial charge < -0.3 is 10.5 Å². The Balaban J connectivity index is 1.59. The Labute approximate surface area is 112 Å². The van der Waals surface area contributed by atoms with Crippen molar-refractivity contribution in [3.8, 4) is 5.75 Å². The minimum atomic E-state index is 0.560. The zero-order chi connectivity index (χ0) is 13.2. The maximum Gasteiger partial charge on any atom is 0.154 e. The number of rotatable bonds is 5. The second-order valence-electron chi connectivity index (χ2n) is 4.92. The quantitative estimate of drug-likeness (QED) is 0.832. The smallest absolute Gasteiger partial charge is 0.154 e. The van der Waals surface area contributed by atoms with E-state index in [9.17, 15) is 0 Å². The third-order valence-electron chi connectivity index (χ3n) is 3.31. The van der Waals surface area contributed by atoms with Crippen molar-refractivity contribution in [2.75, 3.05) is 12.3 Å². The van der Waals surface area contributed by atoms with Gasteiger partial charge in [0.2, 0.25) is 0 Å². The van der Waals surface area contributed by atoms with Crippen molar-refractivity contribution >= 4 is 5.69 Å². The van der Waals surface area contributed by atoms with E-state index < -0.39 is 0 Å². The molecule has 2 N–H and O–H groups in total. The van der Waals surface area contributed by atoms with Gasteiger partial charge in [-0.25, -0.2) is 4.98 Å².